The Morgan fingerprint density at radius 3 is 2.48 bits per heavy atom. The number of nitro benzene ring substituents is 1. The lowest BCUT2D eigenvalue weighted by atomic mass is 9.91. The first kappa shape index (κ1) is 14.5. The molecule has 2 N–H and O–H groups in total. The average Bonchev–Trinajstić information content (AvgIpc) is 3.08. The van der Waals surface area contributed by atoms with Crippen LogP contribution in [0.15, 0.2) is 54.7 Å². The van der Waals surface area contributed by atoms with Crippen molar-refractivity contribution < 1.29 is 14.8 Å². The second-order valence-corrected chi connectivity index (χ2v) is 4.78. The van der Waals surface area contributed by atoms with Crippen LogP contribution in [0, 0.1) is 10.1 Å². The average molecular weight is 309 g/mol. The topological polar surface area (TPSA) is 109 Å². The van der Waals surface area contributed by atoms with Gasteiger partial charge in [0.15, 0.2) is 0 Å². The number of benzene rings is 2. The van der Waals surface area contributed by atoms with Crippen molar-refractivity contribution in [1.29, 1.82) is 0 Å². The van der Waals surface area contributed by atoms with Gasteiger partial charge in [-0.2, -0.15) is 5.10 Å². The van der Waals surface area contributed by atoms with E-state index < -0.39 is 10.9 Å². The molecule has 0 amide bonds. The predicted molar refractivity (Wildman–Crippen MR) is 83.1 cm³/mol. The van der Waals surface area contributed by atoms with E-state index in [1.807, 2.05) is 0 Å². The predicted octanol–water partition coefficient (Wildman–Crippen LogP) is 3.35. The fraction of sp³-hybridized carbons (Fsp3) is 0. The van der Waals surface area contributed by atoms with Gasteiger partial charge in [0.25, 0.3) is 5.69 Å². The van der Waals surface area contributed by atoms with Crippen molar-refractivity contribution >= 4 is 11.7 Å². The Balaban J connectivity index is 2.38. The Kier molecular flexibility index (Phi) is 3.60. The number of aromatic nitrogens is 2. The maximum absolute atomic E-state index is 11.6. The number of nitrogens with one attached hydrogen (secondary N) is 1. The normalized spacial score (nSPS) is 10.4. The van der Waals surface area contributed by atoms with Crippen LogP contribution >= 0.6 is 0 Å². The summed E-state index contributed by atoms with van der Waals surface area (Å²) in [6.45, 7) is 0. The molecule has 0 unspecified atom stereocenters. The summed E-state index contributed by atoms with van der Waals surface area (Å²) in [7, 11) is 0. The summed E-state index contributed by atoms with van der Waals surface area (Å²) in [4.78, 5) is 22.4. The van der Waals surface area contributed by atoms with E-state index in [9.17, 15) is 20.0 Å². The Bertz CT molecular complexity index is 888. The highest BCUT2D eigenvalue weighted by Crippen LogP contribution is 2.38. The van der Waals surface area contributed by atoms with Crippen LogP contribution in [0.5, 0.6) is 0 Å². The summed E-state index contributed by atoms with van der Waals surface area (Å²) in [5.41, 5.74) is 1.50. The molecule has 0 bridgehead atoms. The van der Waals surface area contributed by atoms with Crippen molar-refractivity contribution in [1.82, 2.24) is 10.2 Å². The lowest BCUT2D eigenvalue weighted by Gasteiger charge is -2.12. The molecule has 0 fully saturated rings. The SMILES string of the molecule is O=C(O)c1cccc(-c2ccn[nH]2)c1-c1ccccc1[N+](=O)[O-]. The van der Waals surface area contributed by atoms with Crippen molar-refractivity contribution in [3.63, 3.8) is 0 Å². The fourth-order valence-corrected chi connectivity index (χ4v) is 2.50. The monoisotopic (exact) mass is 309 g/mol. The van der Waals surface area contributed by atoms with Crippen molar-refractivity contribution in [2.24, 2.45) is 0 Å². The van der Waals surface area contributed by atoms with Crippen molar-refractivity contribution in [2.75, 3.05) is 0 Å². The molecular formula is C16H11N3O4. The minimum atomic E-state index is -1.15. The molecule has 7 nitrogen and oxygen atoms in total. The van der Waals surface area contributed by atoms with Crippen LogP contribution in [0.4, 0.5) is 5.69 Å². The Hall–Kier alpha value is -3.48. The molecule has 0 saturated carbocycles. The van der Waals surface area contributed by atoms with Gasteiger partial charge < -0.3 is 5.11 Å². The molecule has 0 spiro atoms. The molecule has 1 heterocycles. The van der Waals surface area contributed by atoms with Crippen LogP contribution in [0.2, 0.25) is 0 Å². The number of nitrogens with zero attached hydrogens (tertiary/aromatic N) is 2. The first-order valence-corrected chi connectivity index (χ1v) is 6.69. The number of hydrogen-bond acceptors (Lipinski definition) is 4. The summed E-state index contributed by atoms with van der Waals surface area (Å²) in [5.74, 6) is -1.15. The van der Waals surface area contributed by atoms with Gasteiger partial charge in [0.05, 0.1) is 21.7 Å². The Morgan fingerprint density at radius 1 is 1.09 bits per heavy atom. The molecule has 23 heavy (non-hydrogen) atoms. The number of rotatable bonds is 4. The van der Waals surface area contributed by atoms with Gasteiger partial charge in [0.2, 0.25) is 0 Å². The Labute approximate surface area is 130 Å². The van der Waals surface area contributed by atoms with Crippen LogP contribution < -0.4 is 0 Å². The second-order valence-electron chi connectivity index (χ2n) is 4.78. The molecule has 114 valence electrons. The summed E-state index contributed by atoms with van der Waals surface area (Å²) >= 11 is 0. The molecule has 7 heteroatoms. The van der Waals surface area contributed by atoms with Gasteiger partial charge in [-0.25, -0.2) is 4.79 Å². The van der Waals surface area contributed by atoms with Crippen molar-refractivity contribution in [3.05, 3.63) is 70.4 Å². The summed E-state index contributed by atoms with van der Waals surface area (Å²) < 4.78 is 0. The van der Waals surface area contributed by atoms with E-state index in [1.54, 1.807) is 36.4 Å². The van der Waals surface area contributed by atoms with E-state index in [1.165, 1.54) is 18.3 Å². The van der Waals surface area contributed by atoms with Gasteiger partial charge in [0, 0.05) is 23.4 Å². The van der Waals surface area contributed by atoms with E-state index in [2.05, 4.69) is 10.2 Å². The molecule has 2 aromatic carbocycles. The highest BCUT2D eigenvalue weighted by molar-refractivity contribution is 6.02. The van der Waals surface area contributed by atoms with Crippen LogP contribution in [0.1, 0.15) is 10.4 Å². The molecule has 1 aromatic heterocycles. The van der Waals surface area contributed by atoms with E-state index in [-0.39, 0.29) is 22.4 Å². The third kappa shape index (κ3) is 2.55. The molecular weight excluding hydrogens is 298 g/mol. The van der Waals surface area contributed by atoms with Crippen LogP contribution in [-0.2, 0) is 0 Å². The molecule has 0 aliphatic rings. The standard InChI is InChI=1S/C16H11N3O4/c20-16(21)12-6-3-5-10(13-8-9-17-18-13)15(12)11-4-1-2-7-14(11)19(22)23/h1-9H,(H,17,18)(H,20,21). The number of H-pyrrole nitrogens is 1. The smallest absolute Gasteiger partial charge is 0.336 e. The number of para-hydroxylation sites is 1. The van der Waals surface area contributed by atoms with Gasteiger partial charge >= 0.3 is 5.97 Å². The molecule has 0 aliphatic heterocycles. The van der Waals surface area contributed by atoms with Crippen molar-refractivity contribution in [3.8, 4) is 22.4 Å². The van der Waals surface area contributed by atoms with E-state index in [0.717, 1.165) is 0 Å². The number of hydrogen-bond donors (Lipinski definition) is 2. The number of nitro groups is 1. The molecule has 0 saturated heterocycles. The van der Waals surface area contributed by atoms with Gasteiger partial charge in [0.1, 0.15) is 0 Å². The zero-order chi connectivity index (χ0) is 16.4. The third-order valence-electron chi connectivity index (χ3n) is 3.46. The van der Waals surface area contributed by atoms with E-state index in [4.69, 9.17) is 0 Å². The number of carboxylic acids is 1. The first-order chi connectivity index (χ1) is 11.1. The van der Waals surface area contributed by atoms with E-state index >= 15 is 0 Å². The van der Waals surface area contributed by atoms with Crippen LogP contribution in [0.25, 0.3) is 22.4 Å². The highest BCUT2D eigenvalue weighted by atomic mass is 16.6. The number of carboxylic acid groups (broad SMARTS) is 1. The minimum absolute atomic E-state index is 0.00796. The second kappa shape index (κ2) is 5.72. The fourth-order valence-electron chi connectivity index (χ4n) is 2.50. The minimum Gasteiger partial charge on any atom is -0.478 e. The zero-order valence-corrected chi connectivity index (χ0v) is 11.8. The molecule has 3 rings (SSSR count). The van der Waals surface area contributed by atoms with Gasteiger partial charge in [-0.15, -0.1) is 0 Å². The highest BCUT2D eigenvalue weighted by Gasteiger charge is 2.23. The van der Waals surface area contributed by atoms with Crippen molar-refractivity contribution in [2.45, 2.75) is 0 Å². The van der Waals surface area contributed by atoms with Gasteiger partial charge in [-0.05, 0) is 18.2 Å². The molecule has 0 aliphatic carbocycles. The first-order valence-electron chi connectivity index (χ1n) is 6.69. The van der Waals surface area contributed by atoms with Crippen LogP contribution in [0.3, 0.4) is 0 Å². The summed E-state index contributed by atoms with van der Waals surface area (Å²) in [5, 5.41) is 27.4. The van der Waals surface area contributed by atoms with Gasteiger partial charge in [-0.1, -0.05) is 24.3 Å². The summed E-state index contributed by atoms with van der Waals surface area (Å²) in [6, 6.07) is 12.5. The lowest BCUT2D eigenvalue weighted by molar-refractivity contribution is -0.384. The van der Waals surface area contributed by atoms with E-state index in [0.29, 0.717) is 11.3 Å². The molecule has 3 aromatic rings. The maximum atomic E-state index is 11.6. The third-order valence-corrected chi connectivity index (χ3v) is 3.46. The molecule has 0 atom stereocenters. The quantitative estimate of drug-likeness (QED) is 0.567. The van der Waals surface area contributed by atoms with Gasteiger partial charge in [-0.3, -0.25) is 15.2 Å². The lowest BCUT2D eigenvalue weighted by Crippen LogP contribution is -2.03. The summed E-state index contributed by atoms with van der Waals surface area (Å²) in [6.07, 6.45) is 1.53. The Morgan fingerprint density at radius 2 is 1.83 bits per heavy atom. The number of carbonyl (C=O) groups is 1. The maximum Gasteiger partial charge on any atom is 0.336 e. The molecule has 0 radical (unpaired) electrons. The number of aromatic carboxylic acids is 1. The largest absolute Gasteiger partial charge is 0.478 e. The number of aromatic amines is 1. The zero-order valence-electron chi connectivity index (χ0n) is 11.8. The van der Waals surface area contributed by atoms with Crippen LogP contribution in [-0.4, -0.2) is 26.2 Å².